The van der Waals surface area contributed by atoms with Crippen molar-refractivity contribution >= 4 is 11.8 Å². The number of nitrogens with one attached hydrogen (secondary N) is 1. The van der Waals surface area contributed by atoms with Crippen LogP contribution in [-0.2, 0) is 9.59 Å². The molecular weight excluding hydrogens is 252 g/mol. The third kappa shape index (κ3) is 2.62. The Hall–Kier alpha value is -0.900. The number of nitrogens with zero attached hydrogens (tertiary/aromatic N) is 1. The van der Waals surface area contributed by atoms with Gasteiger partial charge in [0.05, 0.1) is 5.41 Å². The minimum absolute atomic E-state index is 0.0286. The van der Waals surface area contributed by atoms with Gasteiger partial charge in [0, 0.05) is 19.0 Å². The third-order valence-corrected chi connectivity index (χ3v) is 5.47. The van der Waals surface area contributed by atoms with Gasteiger partial charge in [0.25, 0.3) is 0 Å². The van der Waals surface area contributed by atoms with E-state index in [9.17, 15) is 9.59 Å². The Morgan fingerprint density at radius 3 is 2.50 bits per heavy atom. The molecule has 0 saturated carbocycles. The summed E-state index contributed by atoms with van der Waals surface area (Å²) in [6.07, 6.45) is 5.45. The fraction of sp³-hybridized carbons (Fsp3) is 0.875. The molecule has 2 amide bonds. The fourth-order valence-electron chi connectivity index (χ4n) is 3.77. The van der Waals surface area contributed by atoms with E-state index in [1.807, 2.05) is 13.8 Å². The Morgan fingerprint density at radius 1 is 1.25 bits per heavy atom. The molecule has 2 rings (SSSR count). The predicted molar refractivity (Wildman–Crippen MR) is 79.2 cm³/mol. The molecule has 0 bridgehead atoms. The topological polar surface area (TPSA) is 49.4 Å². The molecule has 2 atom stereocenters. The van der Waals surface area contributed by atoms with Crippen LogP contribution in [0.15, 0.2) is 0 Å². The number of piperidine rings is 1. The van der Waals surface area contributed by atoms with Crippen LogP contribution in [0.5, 0.6) is 0 Å². The summed E-state index contributed by atoms with van der Waals surface area (Å²) < 4.78 is 0. The van der Waals surface area contributed by atoms with Crippen molar-refractivity contribution in [2.75, 3.05) is 13.1 Å². The van der Waals surface area contributed by atoms with Crippen LogP contribution in [0.4, 0.5) is 0 Å². The first-order valence-corrected chi connectivity index (χ1v) is 8.16. The van der Waals surface area contributed by atoms with E-state index in [4.69, 9.17) is 0 Å². The molecule has 0 aromatic rings. The quantitative estimate of drug-likeness (QED) is 0.786. The van der Waals surface area contributed by atoms with Crippen LogP contribution >= 0.6 is 0 Å². The van der Waals surface area contributed by atoms with Gasteiger partial charge in [-0.3, -0.25) is 14.5 Å². The zero-order valence-corrected chi connectivity index (χ0v) is 13.1. The van der Waals surface area contributed by atoms with Crippen LogP contribution in [-0.4, -0.2) is 35.8 Å². The molecule has 0 radical (unpaired) electrons. The zero-order chi connectivity index (χ0) is 14.8. The van der Waals surface area contributed by atoms with Crippen molar-refractivity contribution in [2.45, 2.75) is 65.3 Å². The highest BCUT2D eigenvalue weighted by Gasteiger charge is 2.49. The minimum atomic E-state index is -0.423. The van der Waals surface area contributed by atoms with Gasteiger partial charge >= 0.3 is 0 Å². The highest BCUT2D eigenvalue weighted by molar-refractivity contribution is 6.05. The maximum Gasteiger partial charge on any atom is 0.235 e. The van der Waals surface area contributed by atoms with E-state index in [1.165, 1.54) is 12.8 Å². The second-order valence-corrected chi connectivity index (χ2v) is 6.34. The maximum absolute atomic E-state index is 12.6. The highest BCUT2D eigenvalue weighted by atomic mass is 16.2. The Balaban J connectivity index is 2.09. The maximum atomic E-state index is 12.6. The summed E-state index contributed by atoms with van der Waals surface area (Å²) >= 11 is 0. The minimum Gasteiger partial charge on any atom is -0.312 e. The van der Waals surface area contributed by atoms with Crippen molar-refractivity contribution in [1.29, 1.82) is 0 Å². The van der Waals surface area contributed by atoms with Gasteiger partial charge in [-0.15, -0.1) is 0 Å². The summed E-state index contributed by atoms with van der Waals surface area (Å²) in [5, 5.41) is 3.51. The molecule has 20 heavy (non-hydrogen) atoms. The summed E-state index contributed by atoms with van der Waals surface area (Å²) in [7, 11) is 0. The van der Waals surface area contributed by atoms with Crippen LogP contribution in [0.25, 0.3) is 0 Å². The molecule has 0 aromatic heterocycles. The van der Waals surface area contributed by atoms with Crippen molar-refractivity contribution in [1.82, 2.24) is 10.2 Å². The largest absolute Gasteiger partial charge is 0.312 e. The Kier molecular flexibility index (Phi) is 4.84. The van der Waals surface area contributed by atoms with Gasteiger partial charge < -0.3 is 5.32 Å². The molecule has 2 aliphatic heterocycles. The molecule has 2 aliphatic rings. The Morgan fingerprint density at radius 2 is 1.95 bits per heavy atom. The summed E-state index contributed by atoms with van der Waals surface area (Å²) in [6, 6.07) is 0.283. The average Bonchev–Trinajstić information content (AvgIpc) is 2.72. The van der Waals surface area contributed by atoms with Gasteiger partial charge in [-0.25, -0.2) is 0 Å². The molecule has 2 unspecified atom stereocenters. The molecule has 1 N–H and O–H groups in total. The van der Waals surface area contributed by atoms with Gasteiger partial charge in [-0.05, 0) is 38.1 Å². The predicted octanol–water partition coefficient (Wildman–Crippen LogP) is 2.33. The standard InChI is InChI=1S/C16H28N2O2/c1-4-12-8-7-9-17-13(12)11-18-14(19)10-16(5-2,6-3)15(18)20/h12-13,17H,4-11H2,1-3H3. The van der Waals surface area contributed by atoms with E-state index in [0.717, 1.165) is 25.8 Å². The van der Waals surface area contributed by atoms with Gasteiger partial charge in [0.1, 0.15) is 0 Å². The zero-order valence-electron chi connectivity index (χ0n) is 13.1. The van der Waals surface area contributed by atoms with E-state index in [2.05, 4.69) is 12.2 Å². The number of likely N-dealkylation sites (tertiary alicyclic amines) is 1. The molecule has 2 fully saturated rings. The van der Waals surface area contributed by atoms with Gasteiger partial charge in [-0.1, -0.05) is 27.2 Å². The van der Waals surface area contributed by atoms with E-state index in [0.29, 0.717) is 18.9 Å². The van der Waals surface area contributed by atoms with Crippen molar-refractivity contribution in [3.63, 3.8) is 0 Å². The first-order chi connectivity index (χ1) is 9.57. The first kappa shape index (κ1) is 15.5. The van der Waals surface area contributed by atoms with E-state index >= 15 is 0 Å². The van der Waals surface area contributed by atoms with Crippen LogP contribution in [0.1, 0.15) is 59.3 Å². The van der Waals surface area contributed by atoms with Gasteiger partial charge in [-0.2, -0.15) is 0 Å². The van der Waals surface area contributed by atoms with E-state index in [-0.39, 0.29) is 17.9 Å². The number of carbonyl (C=O) groups is 2. The van der Waals surface area contributed by atoms with Crippen LogP contribution < -0.4 is 5.32 Å². The van der Waals surface area contributed by atoms with Gasteiger partial charge in [0.15, 0.2) is 0 Å². The number of rotatable bonds is 5. The monoisotopic (exact) mass is 280 g/mol. The Bertz CT molecular complexity index is 377. The average molecular weight is 280 g/mol. The normalized spacial score (nSPS) is 30.1. The lowest BCUT2D eigenvalue weighted by Crippen LogP contribution is -2.50. The molecule has 114 valence electrons. The first-order valence-electron chi connectivity index (χ1n) is 8.16. The lowest BCUT2D eigenvalue weighted by Gasteiger charge is -2.34. The SMILES string of the molecule is CCC1CCCNC1CN1C(=O)CC(CC)(CC)C1=O. The van der Waals surface area contributed by atoms with Crippen LogP contribution in [0.3, 0.4) is 0 Å². The number of hydrogen-bond acceptors (Lipinski definition) is 3. The van der Waals surface area contributed by atoms with Crippen LogP contribution in [0, 0.1) is 11.3 Å². The van der Waals surface area contributed by atoms with Crippen molar-refractivity contribution in [3.8, 4) is 0 Å². The fourth-order valence-corrected chi connectivity index (χ4v) is 3.77. The molecule has 0 spiro atoms. The summed E-state index contributed by atoms with van der Waals surface area (Å²) in [6.45, 7) is 7.81. The Labute approximate surface area is 122 Å². The lowest BCUT2D eigenvalue weighted by molar-refractivity contribution is -0.142. The molecule has 0 aromatic carbocycles. The summed E-state index contributed by atoms with van der Waals surface area (Å²) in [5.41, 5.74) is -0.423. The number of imide groups is 1. The van der Waals surface area contributed by atoms with E-state index < -0.39 is 5.41 Å². The summed E-state index contributed by atoms with van der Waals surface area (Å²) in [4.78, 5) is 26.5. The smallest absolute Gasteiger partial charge is 0.235 e. The number of amides is 2. The molecule has 2 saturated heterocycles. The molecule has 2 heterocycles. The highest BCUT2D eigenvalue weighted by Crippen LogP contribution is 2.39. The number of hydrogen-bond donors (Lipinski definition) is 1. The lowest BCUT2D eigenvalue weighted by atomic mass is 9.81. The second kappa shape index (κ2) is 6.25. The summed E-state index contributed by atoms with van der Waals surface area (Å²) in [5.74, 6) is 0.679. The number of carbonyl (C=O) groups excluding carboxylic acids is 2. The van der Waals surface area contributed by atoms with Crippen molar-refractivity contribution < 1.29 is 9.59 Å². The van der Waals surface area contributed by atoms with Crippen molar-refractivity contribution in [2.24, 2.45) is 11.3 Å². The second-order valence-electron chi connectivity index (χ2n) is 6.34. The molecular formula is C16H28N2O2. The van der Waals surface area contributed by atoms with Crippen molar-refractivity contribution in [3.05, 3.63) is 0 Å². The van der Waals surface area contributed by atoms with Crippen LogP contribution in [0.2, 0.25) is 0 Å². The molecule has 0 aliphatic carbocycles. The molecule has 4 heteroatoms. The molecule has 4 nitrogen and oxygen atoms in total. The third-order valence-electron chi connectivity index (χ3n) is 5.47. The van der Waals surface area contributed by atoms with E-state index in [1.54, 1.807) is 4.90 Å². The van der Waals surface area contributed by atoms with Gasteiger partial charge in [0.2, 0.25) is 11.8 Å².